The zero-order chi connectivity index (χ0) is 45.6. The molecule has 9 nitrogen and oxygen atoms in total. The second-order valence-electron chi connectivity index (χ2n) is 17.0. The largest absolute Gasteiger partial charge is 0.477 e. The van der Waals surface area contributed by atoms with E-state index in [0.29, 0.717) is 23.9 Å². The van der Waals surface area contributed by atoms with E-state index in [4.69, 9.17) is 18.9 Å². The van der Waals surface area contributed by atoms with Crippen LogP contribution in [0.3, 0.4) is 0 Å². The number of rotatable bonds is 43. The molecule has 0 spiro atoms. The van der Waals surface area contributed by atoms with Crippen LogP contribution in [0.5, 0.6) is 0 Å². The normalized spacial score (nSPS) is 13.6. The summed E-state index contributed by atoms with van der Waals surface area (Å²) in [6, 6.07) is 0. The first-order chi connectivity index (χ1) is 30.1. The third-order valence-corrected chi connectivity index (χ3v) is 9.92. The van der Waals surface area contributed by atoms with Crippen molar-refractivity contribution in [1.29, 1.82) is 0 Å². The molecule has 0 rings (SSSR count). The topological polar surface area (TPSA) is 108 Å². The Labute approximate surface area is 379 Å². The van der Waals surface area contributed by atoms with Gasteiger partial charge in [-0.1, -0.05) is 176 Å². The molecule has 0 fully saturated rings. The molecule has 2 atom stereocenters. The number of carbonyl (C=O) groups is 3. The fourth-order valence-corrected chi connectivity index (χ4v) is 6.17. The maximum atomic E-state index is 12.8. The van der Waals surface area contributed by atoms with E-state index in [9.17, 15) is 19.5 Å². The molecule has 0 saturated heterocycles. The first-order valence-electron chi connectivity index (χ1n) is 24.3. The van der Waals surface area contributed by atoms with Crippen molar-refractivity contribution in [2.45, 2.75) is 187 Å². The Balaban J connectivity index is 4.44. The molecule has 62 heavy (non-hydrogen) atoms. The maximum absolute atomic E-state index is 12.8. The molecular weight excluding hydrogens is 779 g/mol. The summed E-state index contributed by atoms with van der Waals surface area (Å²) in [6.07, 6.45) is 53.6. The summed E-state index contributed by atoms with van der Waals surface area (Å²) in [5.74, 6) is -2.06. The maximum Gasteiger partial charge on any atom is 0.361 e. The average molecular weight is 869 g/mol. The van der Waals surface area contributed by atoms with Crippen LogP contribution in [0.4, 0.5) is 0 Å². The Bertz CT molecular complexity index is 1290. The quantitative estimate of drug-likeness (QED) is 0.0212. The van der Waals surface area contributed by atoms with Crippen molar-refractivity contribution in [3.8, 4) is 0 Å². The van der Waals surface area contributed by atoms with Crippen molar-refractivity contribution in [3.05, 3.63) is 85.1 Å². The van der Waals surface area contributed by atoms with E-state index in [-0.39, 0.29) is 32.2 Å². The lowest BCUT2D eigenvalue weighted by Gasteiger charge is -2.25. The molecule has 0 heterocycles. The smallest absolute Gasteiger partial charge is 0.361 e. The number of hydrogen-bond donors (Lipinski definition) is 1. The Hall–Kier alpha value is -3.53. The summed E-state index contributed by atoms with van der Waals surface area (Å²) < 4.78 is 22.7. The van der Waals surface area contributed by atoms with E-state index in [1.54, 1.807) is 0 Å². The molecule has 0 aliphatic rings. The van der Waals surface area contributed by atoms with Gasteiger partial charge in [-0.2, -0.15) is 0 Å². The van der Waals surface area contributed by atoms with Crippen LogP contribution in [0.15, 0.2) is 85.1 Å². The van der Waals surface area contributed by atoms with E-state index in [1.807, 2.05) is 21.1 Å². The lowest BCUT2D eigenvalue weighted by Crippen LogP contribution is -2.40. The van der Waals surface area contributed by atoms with Gasteiger partial charge in [0, 0.05) is 12.8 Å². The minimum atomic E-state index is -1.52. The summed E-state index contributed by atoms with van der Waals surface area (Å²) in [5, 5.41) is 9.64. The molecule has 0 saturated carbocycles. The second kappa shape index (κ2) is 44.1. The molecule has 0 radical (unpaired) electrons. The number of nitrogens with zero attached hydrogens (tertiary/aromatic N) is 1. The number of allylic oxidation sites excluding steroid dienone is 14. The monoisotopic (exact) mass is 869 g/mol. The van der Waals surface area contributed by atoms with Crippen LogP contribution < -0.4 is 0 Å². The molecule has 1 N–H and O–H groups in total. The number of carboxylic acids is 1. The van der Waals surface area contributed by atoms with Crippen molar-refractivity contribution in [3.63, 3.8) is 0 Å². The van der Waals surface area contributed by atoms with Gasteiger partial charge in [0.25, 0.3) is 6.29 Å². The molecular formula is C53H90NO8+. The van der Waals surface area contributed by atoms with Crippen molar-refractivity contribution < 1.29 is 42.9 Å². The number of hydrogen-bond acceptors (Lipinski definition) is 7. The molecule has 0 aliphatic heterocycles. The van der Waals surface area contributed by atoms with Crippen LogP contribution >= 0.6 is 0 Å². The predicted octanol–water partition coefficient (Wildman–Crippen LogP) is 13.3. The number of esters is 2. The van der Waals surface area contributed by atoms with E-state index < -0.39 is 24.3 Å². The highest BCUT2D eigenvalue weighted by atomic mass is 16.7. The average Bonchev–Trinajstić information content (AvgIpc) is 3.23. The van der Waals surface area contributed by atoms with Crippen molar-refractivity contribution >= 4 is 17.9 Å². The molecule has 0 aromatic carbocycles. The van der Waals surface area contributed by atoms with E-state index in [2.05, 4.69) is 98.9 Å². The van der Waals surface area contributed by atoms with Gasteiger partial charge in [-0.25, -0.2) is 4.79 Å². The Kier molecular flexibility index (Phi) is 41.6. The highest BCUT2D eigenvalue weighted by Crippen LogP contribution is 2.14. The van der Waals surface area contributed by atoms with Crippen molar-refractivity contribution in [2.24, 2.45) is 0 Å². The molecule has 0 aliphatic carbocycles. The minimum Gasteiger partial charge on any atom is -0.477 e. The van der Waals surface area contributed by atoms with Crippen molar-refractivity contribution in [2.75, 3.05) is 47.5 Å². The highest BCUT2D eigenvalue weighted by molar-refractivity contribution is 5.71. The number of likely N-dealkylation sites (N-methyl/N-ethyl adjacent to an activating group) is 1. The minimum absolute atomic E-state index is 0.177. The van der Waals surface area contributed by atoms with Gasteiger partial charge >= 0.3 is 17.9 Å². The van der Waals surface area contributed by atoms with Gasteiger partial charge in [0.2, 0.25) is 0 Å². The Morgan fingerprint density at radius 3 is 1.37 bits per heavy atom. The SMILES string of the molecule is CC/C=C\C/C=C\C/C=C\C/C=C\C/C=C\C/C=C\C/C=C\CCCCCC(=O)OC(COC(=O)CCCCCCCCCCCCCC)COC(OCC[N+](C)(C)C)C(=O)O. The number of aliphatic carboxylic acids is 1. The number of carboxylic acid groups (broad SMARTS) is 1. The van der Waals surface area contributed by atoms with Crippen LogP contribution in [0.1, 0.15) is 174 Å². The Morgan fingerprint density at radius 1 is 0.500 bits per heavy atom. The number of quaternary nitrogens is 1. The molecule has 9 heteroatoms. The Morgan fingerprint density at radius 2 is 0.919 bits per heavy atom. The summed E-state index contributed by atoms with van der Waals surface area (Å²) in [6.45, 7) is 4.69. The standard InChI is InChI=1S/C53H89NO8/c1-6-8-10-12-14-16-18-20-21-22-23-24-25-26-27-28-29-30-31-32-34-36-38-40-42-44-51(56)62-49(48-61-53(52(57)58)59-46-45-54(3,4)5)47-60-50(55)43-41-39-37-35-33-19-17-15-13-11-9-7-2/h8,10,14,16,20-21,23-24,26-27,29-30,32,34,49,53H,6-7,9,11-13,15,17-19,22,25,28,31,33,35-48H2,1-5H3/p+1/b10-8-,16-14-,21-20-,24-23-,27-26-,30-29-,34-32-. The number of carbonyl (C=O) groups excluding carboxylic acids is 2. The summed E-state index contributed by atoms with van der Waals surface area (Å²) >= 11 is 0. The van der Waals surface area contributed by atoms with Gasteiger partial charge in [0.1, 0.15) is 13.2 Å². The molecule has 2 unspecified atom stereocenters. The number of ether oxygens (including phenoxy) is 4. The van der Waals surface area contributed by atoms with Crippen LogP contribution in [-0.2, 0) is 33.3 Å². The molecule has 0 bridgehead atoms. The van der Waals surface area contributed by atoms with Gasteiger partial charge in [-0.15, -0.1) is 0 Å². The molecule has 0 aromatic rings. The third kappa shape index (κ3) is 44.5. The zero-order valence-corrected chi connectivity index (χ0v) is 40.0. The highest BCUT2D eigenvalue weighted by Gasteiger charge is 2.25. The summed E-state index contributed by atoms with van der Waals surface area (Å²) in [4.78, 5) is 37.1. The predicted molar refractivity (Wildman–Crippen MR) is 258 cm³/mol. The fourth-order valence-electron chi connectivity index (χ4n) is 6.17. The second-order valence-corrected chi connectivity index (χ2v) is 17.0. The lowest BCUT2D eigenvalue weighted by molar-refractivity contribution is -0.870. The van der Waals surface area contributed by atoms with Gasteiger partial charge < -0.3 is 28.5 Å². The summed E-state index contributed by atoms with van der Waals surface area (Å²) in [7, 11) is 5.94. The first kappa shape index (κ1) is 58.5. The van der Waals surface area contributed by atoms with Crippen molar-refractivity contribution in [1.82, 2.24) is 0 Å². The molecule has 0 amide bonds. The van der Waals surface area contributed by atoms with Crippen LogP contribution in [-0.4, -0.2) is 87.4 Å². The fraction of sp³-hybridized carbons (Fsp3) is 0.679. The lowest BCUT2D eigenvalue weighted by atomic mass is 10.0. The first-order valence-corrected chi connectivity index (χ1v) is 24.3. The van der Waals surface area contributed by atoms with Crippen LogP contribution in [0, 0.1) is 0 Å². The van der Waals surface area contributed by atoms with Crippen LogP contribution in [0.2, 0.25) is 0 Å². The molecule has 354 valence electrons. The van der Waals surface area contributed by atoms with Gasteiger partial charge in [0.15, 0.2) is 6.10 Å². The van der Waals surface area contributed by atoms with Gasteiger partial charge in [-0.3, -0.25) is 9.59 Å². The van der Waals surface area contributed by atoms with E-state index in [0.717, 1.165) is 83.5 Å². The molecule has 0 aromatic heterocycles. The van der Waals surface area contributed by atoms with Gasteiger partial charge in [0.05, 0.1) is 34.4 Å². The number of unbranched alkanes of at least 4 members (excludes halogenated alkanes) is 14. The van der Waals surface area contributed by atoms with E-state index in [1.165, 1.54) is 57.8 Å². The van der Waals surface area contributed by atoms with Crippen LogP contribution in [0.25, 0.3) is 0 Å². The third-order valence-electron chi connectivity index (χ3n) is 9.92. The van der Waals surface area contributed by atoms with Gasteiger partial charge in [-0.05, 0) is 70.6 Å². The van der Waals surface area contributed by atoms with E-state index >= 15 is 0 Å². The zero-order valence-electron chi connectivity index (χ0n) is 40.0. The summed E-state index contributed by atoms with van der Waals surface area (Å²) in [5.41, 5.74) is 0.